The van der Waals surface area contributed by atoms with E-state index in [0.29, 0.717) is 10.9 Å². The summed E-state index contributed by atoms with van der Waals surface area (Å²) >= 11 is 0. The van der Waals surface area contributed by atoms with E-state index in [0.717, 1.165) is 29.7 Å². The van der Waals surface area contributed by atoms with Crippen LogP contribution in [-0.2, 0) is 11.8 Å². The highest BCUT2D eigenvalue weighted by Gasteiger charge is 2.30. The van der Waals surface area contributed by atoms with Gasteiger partial charge in [0.25, 0.3) is 0 Å². The lowest BCUT2D eigenvalue weighted by atomic mass is 9.85. The van der Waals surface area contributed by atoms with Gasteiger partial charge in [0.05, 0.1) is 0 Å². The number of H-pyrrole nitrogens is 1. The van der Waals surface area contributed by atoms with Crippen molar-refractivity contribution in [3.63, 3.8) is 0 Å². The normalized spacial score (nSPS) is 15.7. The number of aromatic amines is 1. The Morgan fingerprint density at radius 2 is 1.92 bits per heavy atom. The van der Waals surface area contributed by atoms with Crippen LogP contribution in [0.25, 0.3) is 22.2 Å². The predicted octanol–water partition coefficient (Wildman–Crippen LogP) is 4.87. The Bertz CT molecular complexity index is 1030. The molecule has 0 saturated carbocycles. The maximum absolute atomic E-state index is 13.4. The summed E-state index contributed by atoms with van der Waals surface area (Å²) in [5.74, 6) is -0.392. The molecule has 0 amide bonds. The monoisotopic (exact) mass is 321 g/mol. The van der Waals surface area contributed by atoms with Crippen molar-refractivity contribution in [1.29, 1.82) is 0 Å². The fourth-order valence-corrected chi connectivity index (χ4v) is 3.83. The molecule has 1 heterocycles. The molecule has 24 heavy (non-hydrogen) atoms. The van der Waals surface area contributed by atoms with Crippen molar-refractivity contribution < 1.29 is 4.39 Å². The SMILES string of the molecule is Cc1cc2c(cc1-c1cc(=O)c3cc(F)ccc3[nH]1)CCC2(C)C. The van der Waals surface area contributed by atoms with Crippen LogP contribution in [0.2, 0.25) is 0 Å². The van der Waals surface area contributed by atoms with Crippen molar-refractivity contribution in [2.75, 3.05) is 0 Å². The smallest absolute Gasteiger partial charge is 0.190 e. The molecular formula is C21H20FNO. The minimum atomic E-state index is -0.392. The standard InChI is InChI=1S/C21H20FNO/c1-12-8-17-13(6-7-21(17,2)3)9-15(12)19-11-20(24)16-10-14(22)4-5-18(16)23-19/h4-5,8-11H,6-7H2,1-3H3,(H,23,24). The summed E-state index contributed by atoms with van der Waals surface area (Å²) in [6.45, 7) is 6.64. The third-order valence-corrected chi connectivity index (χ3v) is 5.28. The van der Waals surface area contributed by atoms with Crippen molar-refractivity contribution in [3.05, 3.63) is 69.1 Å². The molecule has 0 aliphatic heterocycles. The molecule has 0 unspecified atom stereocenters. The van der Waals surface area contributed by atoms with Gasteiger partial charge in [-0.2, -0.15) is 0 Å². The number of rotatable bonds is 1. The number of aryl methyl sites for hydroxylation is 2. The highest BCUT2D eigenvalue weighted by atomic mass is 19.1. The van der Waals surface area contributed by atoms with Crippen molar-refractivity contribution >= 4 is 10.9 Å². The number of benzene rings is 2. The van der Waals surface area contributed by atoms with E-state index in [9.17, 15) is 9.18 Å². The van der Waals surface area contributed by atoms with E-state index >= 15 is 0 Å². The van der Waals surface area contributed by atoms with Gasteiger partial charge >= 0.3 is 0 Å². The maximum atomic E-state index is 13.4. The first-order chi connectivity index (χ1) is 11.3. The van der Waals surface area contributed by atoms with Gasteiger partial charge in [0.15, 0.2) is 5.43 Å². The molecule has 1 aliphatic rings. The van der Waals surface area contributed by atoms with Crippen molar-refractivity contribution in [1.82, 2.24) is 4.98 Å². The van der Waals surface area contributed by atoms with Crippen LogP contribution in [0, 0.1) is 12.7 Å². The second-order valence-corrected chi connectivity index (χ2v) is 7.45. The Morgan fingerprint density at radius 3 is 2.71 bits per heavy atom. The number of aromatic nitrogens is 1. The average Bonchev–Trinajstić information content (AvgIpc) is 2.82. The van der Waals surface area contributed by atoms with E-state index in [2.05, 4.69) is 37.9 Å². The van der Waals surface area contributed by atoms with Crippen LogP contribution in [0.5, 0.6) is 0 Å². The molecule has 0 bridgehead atoms. The second kappa shape index (κ2) is 5.04. The minimum Gasteiger partial charge on any atom is -0.354 e. The van der Waals surface area contributed by atoms with E-state index in [1.54, 1.807) is 12.1 Å². The Hall–Kier alpha value is -2.42. The summed E-state index contributed by atoms with van der Waals surface area (Å²) in [6, 6.07) is 10.3. The number of nitrogens with one attached hydrogen (secondary N) is 1. The third kappa shape index (κ3) is 2.27. The average molecular weight is 321 g/mol. The van der Waals surface area contributed by atoms with Gasteiger partial charge in [-0.05, 0) is 66.1 Å². The Labute approximate surface area is 140 Å². The van der Waals surface area contributed by atoms with Gasteiger partial charge in [0.2, 0.25) is 0 Å². The van der Waals surface area contributed by atoms with Gasteiger partial charge in [-0.15, -0.1) is 0 Å². The number of halogens is 1. The molecule has 1 aromatic heterocycles. The number of hydrogen-bond donors (Lipinski definition) is 1. The van der Waals surface area contributed by atoms with E-state index < -0.39 is 5.82 Å². The lowest BCUT2D eigenvalue weighted by molar-refractivity contribution is 0.522. The fraction of sp³-hybridized carbons (Fsp3) is 0.286. The molecule has 2 nitrogen and oxygen atoms in total. The van der Waals surface area contributed by atoms with Crippen molar-refractivity contribution in [2.45, 2.75) is 39.0 Å². The van der Waals surface area contributed by atoms with Gasteiger partial charge in [0.1, 0.15) is 5.82 Å². The quantitative estimate of drug-likeness (QED) is 0.681. The second-order valence-electron chi connectivity index (χ2n) is 7.45. The van der Waals surface area contributed by atoms with E-state index in [1.165, 1.54) is 23.3 Å². The minimum absolute atomic E-state index is 0.154. The first kappa shape index (κ1) is 15.1. The highest BCUT2D eigenvalue weighted by molar-refractivity contribution is 5.82. The zero-order valence-electron chi connectivity index (χ0n) is 14.2. The van der Waals surface area contributed by atoms with E-state index in [4.69, 9.17) is 0 Å². The van der Waals surface area contributed by atoms with Gasteiger partial charge in [0, 0.05) is 28.2 Å². The number of fused-ring (bicyclic) bond motifs is 2. The van der Waals surface area contributed by atoms with Crippen molar-refractivity contribution in [2.24, 2.45) is 0 Å². The predicted molar refractivity (Wildman–Crippen MR) is 96.0 cm³/mol. The third-order valence-electron chi connectivity index (χ3n) is 5.28. The van der Waals surface area contributed by atoms with E-state index in [1.807, 2.05) is 0 Å². The van der Waals surface area contributed by atoms with Gasteiger partial charge in [-0.25, -0.2) is 4.39 Å². The Kier molecular flexibility index (Phi) is 3.17. The summed E-state index contributed by atoms with van der Waals surface area (Å²) in [7, 11) is 0. The van der Waals surface area contributed by atoms with Gasteiger partial charge in [-0.1, -0.05) is 19.9 Å². The molecule has 0 spiro atoms. The highest BCUT2D eigenvalue weighted by Crippen LogP contribution is 2.41. The van der Waals surface area contributed by atoms with Gasteiger partial charge < -0.3 is 4.98 Å². The van der Waals surface area contributed by atoms with Crippen LogP contribution in [0.15, 0.2) is 41.2 Å². The lowest BCUT2D eigenvalue weighted by Gasteiger charge is -2.20. The molecule has 3 heteroatoms. The lowest BCUT2D eigenvalue weighted by Crippen LogP contribution is -2.12. The molecular weight excluding hydrogens is 301 g/mol. The van der Waals surface area contributed by atoms with Crippen LogP contribution < -0.4 is 5.43 Å². The van der Waals surface area contributed by atoms with Crippen LogP contribution in [0.4, 0.5) is 4.39 Å². The summed E-state index contributed by atoms with van der Waals surface area (Å²) in [5, 5.41) is 0.388. The summed E-state index contributed by atoms with van der Waals surface area (Å²) in [5.41, 5.74) is 6.50. The first-order valence-electron chi connectivity index (χ1n) is 8.32. The topological polar surface area (TPSA) is 32.9 Å². The molecule has 4 rings (SSSR count). The van der Waals surface area contributed by atoms with E-state index in [-0.39, 0.29) is 10.8 Å². The van der Waals surface area contributed by atoms with Gasteiger partial charge in [-0.3, -0.25) is 4.79 Å². The fourth-order valence-electron chi connectivity index (χ4n) is 3.83. The molecule has 0 fully saturated rings. The number of hydrogen-bond acceptors (Lipinski definition) is 1. The molecule has 1 aliphatic carbocycles. The maximum Gasteiger partial charge on any atom is 0.190 e. The number of pyridine rings is 1. The molecule has 122 valence electrons. The zero-order chi connectivity index (χ0) is 17.1. The van der Waals surface area contributed by atoms with Crippen LogP contribution in [0.1, 0.15) is 37.0 Å². The molecule has 0 radical (unpaired) electrons. The van der Waals surface area contributed by atoms with Crippen molar-refractivity contribution in [3.8, 4) is 11.3 Å². The van der Waals surface area contributed by atoms with Crippen LogP contribution >= 0.6 is 0 Å². The molecule has 3 aromatic rings. The Morgan fingerprint density at radius 1 is 1.12 bits per heavy atom. The zero-order valence-corrected chi connectivity index (χ0v) is 14.2. The Balaban J connectivity index is 1.93. The first-order valence-corrected chi connectivity index (χ1v) is 8.32. The summed E-state index contributed by atoms with van der Waals surface area (Å²) in [4.78, 5) is 15.7. The molecule has 0 saturated heterocycles. The molecule has 1 N–H and O–H groups in total. The largest absolute Gasteiger partial charge is 0.354 e. The molecule has 0 atom stereocenters. The van der Waals surface area contributed by atoms with Crippen LogP contribution in [-0.4, -0.2) is 4.98 Å². The summed E-state index contributed by atoms with van der Waals surface area (Å²) < 4.78 is 13.4. The van der Waals surface area contributed by atoms with Crippen LogP contribution in [0.3, 0.4) is 0 Å². The molecule has 2 aromatic carbocycles. The summed E-state index contributed by atoms with van der Waals surface area (Å²) in [6.07, 6.45) is 2.22.